The summed E-state index contributed by atoms with van der Waals surface area (Å²) in [6.45, 7) is 2.02. The highest BCUT2D eigenvalue weighted by atomic mass is 16.5. The zero-order valence-electron chi connectivity index (χ0n) is 15.4. The number of hydrogen-bond acceptors (Lipinski definition) is 12. The molecule has 0 aliphatic heterocycles. The molecule has 0 spiro atoms. The van der Waals surface area contributed by atoms with Gasteiger partial charge in [0.05, 0.1) is 19.8 Å². The maximum atomic E-state index is 8.73. The van der Waals surface area contributed by atoms with Gasteiger partial charge >= 0.3 is 0 Å². The first-order valence-electron chi connectivity index (χ1n) is 8.83. The maximum absolute atomic E-state index is 8.73. The van der Waals surface area contributed by atoms with Gasteiger partial charge in [-0.2, -0.15) is 15.0 Å². The number of nitrogens with one attached hydrogen (secondary N) is 3. The van der Waals surface area contributed by atoms with Crippen LogP contribution in [0.15, 0.2) is 0 Å². The van der Waals surface area contributed by atoms with Gasteiger partial charge in [-0.1, -0.05) is 0 Å². The van der Waals surface area contributed by atoms with E-state index in [1.807, 2.05) is 0 Å². The van der Waals surface area contributed by atoms with Gasteiger partial charge in [-0.3, -0.25) is 0 Å². The van der Waals surface area contributed by atoms with Gasteiger partial charge in [0.15, 0.2) is 0 Å². The van der Waals surface area contributed by atoms with Crippen LogP contribution in [-0.4, -0.2) is 90.1 Å². The number of anilines is 3. The van der Waals surface area contributed by atoms with Crippen molar-refractivity contribution in [1.82, 2.24) is 15.0 Å². The predicted molar refractivity (Wildman–Crippen MR) is 98.3 cm³/mol. The lowest BCUT2D eigenvalue weighted by molar-refractivity contribution is 0.130. The first-order chi connectivity index (χ1) is 13.3. The number of rotatable bonds is 18. The summed E-state index contributed by atoms with van der Waals surface area (Å²) >= 11 is 0. The van der Waals surface area contributed by atoms with Gasteiger partial charge in [0.1, 0.15) is 20.2 Å². The molecule has 1 aromatic heterocycles. The van der Waals surface area contributed by atoms with Crippen LogP contribution in [0.1, 0.15) is 19.3 Å². The Labute approximate surface area is 158 Å². The highest BCUT2D eigenvalue weighted by Crippen LogP contribution is 2.09. The van der Waals surface area contributed by atoms with E-state index in [1.54, 1.807) is 0 Å². The second-order valence-electron chi connectivity index (χ2n) is 5.23. The Kier molecular flexibility index (Phi) is 14.1. The first kappa shape index (κ1) is 23.2. The Hall–Kier alpha value is -1.83. The summed E-state index contributed by atoms with van der Waals surface area (Å²) in [4.78, 5) is 12.6. The zero-order valence-corrected chi connectivity index (χ0v) is 15.4. The number of ether oxygens (including phenoxy) is 3. The van der Waals surface area contributed by atoms with Crippen molar-refractivity contribution in [1.29, 1.82) is 0 Å². The Balaban J connectivity index is 2.52. The minimum absolute atomic E-state index is 0.0699. The Morgan fingerprint density at radius 2 is 0.852 bits per heavy atom. The molecular formula is C15H30N6O6. The largest absolute Gasteiger partial charge is 0.396 e. The van der Waals surface area contributed by atoms with Crippen LogP contribution in [-0.2, 0) is 14.2 Å². The van der Waals surface area contributed by atoms with E-state index in [0.29, 0.717) is 56.9 Å². The monoisotopic (exact) mass is 390 g/mol. The summed E-state index contributed by atoms with van der Waals surface area (Å²) in [6.07, 6.45) is 1.65. The summed E-state index contributed by atoms with van der Waals surface area (Å²) in [7, 11) is 0. The second-order valence-corrected chi connectivity index (χ2v) is 5.23. The Morgan fingerprint density at radius 1 is 0.556 bits per heavy atom. The van der Waals surface area contributed by atoms with E-state index < -0.39 is 0 Å². The smallest absolute Gasteiger partial charge is 0.231 e. The minimum Gasteiger partial charge on any atom is -0.396 e. The summed E-state index contributed by atoms with van der Waals surface area (Å²) in [5.41, 5.74) is 0. The lowest BCUT2D eigenvalue weighted by Crippen LogP contribution is -2.17. The van der Waals surface area contributed by atoms with Crippen LogP contribution in [0.3, 0.4) is 0 Å². The van der Waals surface area contributed by atoms with E-state index in [1.165, 1.54) is 0 Å². The molecular weight excluding hydrogens is 360 g/mol. The predicted octanol–water partition coefficient (Wildman–Crippen LogP) is -0.823. The molecule has 1 heterocycles. The molecule has 12 heteroatoms. The van der Waals surface area contributed by atoms with Crippen LogP contribution in [0.4, 0.5) is 17.8 Å². The van der Waals surface area contributed by atoms with Crippen molar-refractivity contribution >= 4 is 17.8 Å². The maximum Gasteiger partial charge on any atom is 0.231 e. The van der Waals surface area contributed by atoms with Crippen LogP contribution in [0.5, 0.6) is 0 Å². The molecule has 0 radical (unpaired) electrons. The van der Waals surface area contributed by atoms with Crippen molar-refractivity contribution in [2.75, 3.05) is 75.8 Å². The van der Waals surface area contributed by atoms with Crippen LogP contribution < -0.4 is 16.0 Å². The normalized spacial score (nSPS) is 10.8. The molecule has 0 unspecified atom stereocenters. The topological polar surface area (TPSA) is 163 Å². The Bertz CT molecular complexity index is 405. The summed E-state index contributed by atoms with van der Waals surface area (Å²) in [5.74, 6) is 0.888. The lowest BCUT2D eigenvalue weighted by atomic mass is 10.5. The van der Waals surface area contributed by atoms with Crippen LogP contribution >= 0.6 is 0 Å². The molecule has 12 nitrogen and oxygen atoms in total. The van der Waals surface area contributed by atoms with E-state index in [0.717, 1.165) is 0 Å². The Morgan fingerprint density at radius 3 is 1.11 bits per heavy atom. The van der Waals surface area contributed by atoms with Gasteiger partial charge in [-0.05, 0) is 19.3 Å². The average molecular weight is 390 g/mol. The van der Waals surface area contributed by atoms with Gasteiger partial charge < -0.3 is 45.5 Å². The standard InChI is InChI=1S/C15H30N6O6/c22-4-1-7-25-10-16-13-19-14(17-11-26-8-2-5-23)21-15(20-13)18-12-27-9-3-6-24/h22-24H,1-12H2,(H3,16,17,18,19,20,21). The van der Waals surface area contributed by atoms with E-state index in [4.69, 9.17) is 29.5 Å². The number of aromatic nitrogens is 3. The third-order valence-corrected chi connectivity index (χ3v) is 2.97. The molecule has 0 amide bonds. The molecule has 0 aliphatic rings. The van der Waals surface area contributed by atoms with Crippen LogP contribution in [0.25, 0.3) is 0 Å². The molecule has 0 saturated heterocycles. The molecule has 156 valence electrons. The van der Waals surface area contributed by atoms with Gasteiger partial charge in [0.2, 0.25) is 17.8 Å². The quantitative estimate of drug-likeness (QED) is 0.136. The van der Waals surface area contributed by atoms with Crippen LogP contribution in [0, 0.1) is 0 Å². The van der Waals surface area contributed by atoms with Crippen molar-refractivity contribution in [2.45, 2.75) is 19.3 Å². The molecule has 27 heavy (non-hydrogen) atoms. The minimum atomic E-state index is 0.0699. The van der Waals surface area contributed by atoms with Gasteiger partial charge in [0.25, 0.3) is 0 Å². The number of aliphatic hydroxyl groups is 3. The fraction of sp³-hybridized carbons (Fsp3) is 0.800. The van der Waals surface area contributed by atoms with Gasteiger partial charge in [0, 0.05) is 19.8 Å². The van der Waals surface area contributed by atoms with E-state index in [-0.39, 0.29) is 40.0 Å². The SMILES string of the molecule is OCCCOCNc1nc(NCOCCCO)nc(NCOCCCO)n1. The summed E-state index contributed by atoms with van der Waals surface area (Å²) < 4.78 is 15.9. The number of aliphatic hydroxyl groups excluding tert-OH is 3. The fourth-order valence-corrected chi connectivity index (χ4v) is 1.68. The van der Waals surface area contributed by atoms with Crippen molar-refractivity contribution < 1.29 is 29.5 Å². The molecule has 0 aliphatic carbocycles. The molecule has 1 rings (SSSR count). The van der Waals surface area contributed by atoms with Crippen molar-refractivity contribution in [3.05, 3.63) is 0 Å². The van der Waals surface area contributed by atoms with Gasteiger partial charge in [-0.15, -0.1) is 0 Å². The number of hydrogen-bond donors (Lipinski definition) is 6. The molecule has 0 atom stereocenters. The molecule has 0 aromatic carbocycles. The molecule has 6 N–H and O–H groups in total. The lowest BCUT2D eigenvalue weighted by Gasteiger charge is -2.12. The first-order valence-corrected chi connectivity index (χ1v) is 8.83. The van der Waals surface area contributed by atoms with E-state index in [9.17, 15) is 0 Å². The highest BCUT2D eigenvalue weighted by Gasteiger charge is 2.06. The summed E-state index contributed by atoms with van der Waals surface area (Å²) in [6, 6.07) is 0. The van der Waals surface area contributed by atoms with Gasteiger partial charge in [-0.25, -0.2) is 0 Å². The van der Waals surface area contributed by atoms with E-state index in [2.05, 4.69) is 30.9 Å². The molecule has 0 bridgehead atoms. The second kappa shape index (κ2) is 16.4. The highest BCUT2D eigenvalue weighted by molar-refractivity contribution is 5.41. The molecule has 1 aromatic rings. The van der Waals surface area contributed by atoms with E-state index >= 15 is 0 Å². The number of nitrogens with zero attached hydrogens (tertiary/aromatic N) is 3. The molecule has 0 fully saturated rings. The zero-order chi connectivity index (χ0) is 19.6. The van der Waals surface area contributed by atoms with Crippen molar-refractivity contribution in [3.63, 3.8) is 0 Å². The van der Waals surface area contributed by atoms with Crippen LogP contribution in [0.2, 0.25) is 0 Å². The molecule has 0 saturated carbocycles. The third-order valence-electron chi connectivity index (χ3n) is 2.97. The third kappa shape index (κ3) is 12.2. The van der Waals surface area contributed by atoms with Crippen molar-refractivity contribution in [3.8, 4) is 0 Å². The summed E-state index contributed by atoms with van der Waals surface area (Å²) in [5, 5.41) is 34.9. The fourth-order valence-electron chi connectivity index (χ4n) is 1.68. The van der Waals surface area contributed by atoms with Crippen molar-refractivity contribution in [2.24, 2.45) is 0 Å². The average Bonchev–Trinajstić information content (AvgIpc) is 2.67.